The zero-order valence-corrected chi connectivity index (χ0v) is 19.1. The summed E-state index contributed by atoms with van der Waals surface area (Å²) in [5.74, 6) is -0.201. The van der Waals surface area contributed by atoms with Crippen LogP contribution in [0.25, 0.3) is 11.0 Å². The average Bonchev–Trinajstić information content (AvgIpc) is 3.16. The molecule has 0 saturated carbocycles. The quantitative estimate of drug-likeness (QED) is 0.232. The maximum Gasteiger partial charge on any atom is 0.416 e. The molecule has 1 unspecified atom stereocenters. The van der Waals surface area contributed by atoms with Gasteiger partial charge in [-0.15, -0.1) is 0 Å². The molecule has 0 spiro atoms. The number of halogens is 7. The number of nitrogens with one attached hydrogen (secondary N) is 4. The van der Waals surface area contributed by atoms with Crippen molar-refractivity contribution in [3.05, 3.63) is 41.0 Å². The number of carbonyl (C=O) groups excluding carboxylic acids is 1. The highest BCUT2D eigenvalue weighted by molar-refractivity contribution is 6.68. The predicted octanol–water partition coefficient (Wildman–Crippen LogP) is 6.01. The molecule has 14 heteroatoms. The van der Waals surface area contributed by atoms with E-state index in [1.807, 2.05) is 0 Å². The fourth-order valence-corrected chi connectivity index (χ4v) is 3.17. The summed E-state index contributed by atoms with van der Waals surface area (Å²) in [6.45, 7) is 1.63. The molecule has 3 aromatic rings. The standard InChI is InChI=1S/C18H15Cl4F3N6O/c1-2-12(32)28-15(17(20,21)22)31-16-29-13-9(5-6-26-13)14(30-16)27-11-4-3-8(7-10(11)19)18(23,24)25/h3-7,15H,2H2,1H3,(H,28,32)(H3,26,27,29,30,31). The van der Waals surface area contributed by atoms with E-state index in [1.165, 1.54) is 6.07 Å². The maximum atomic E-state index is 12.9. The number of aromatic amines is 1. The van der Waals surface area contributed by atoms with Gasteiger partial charge in [0.1, 0.15) is 17.6 Å². The van der Waals surface area contributed by atoms with Gasteiger partial charge < -0.3 is 20.9 Å². The predicted molar refractivity (Wildman–Crippen MR) is 120 cm³/mol. The van der Waals surface area contributed by atoms with E-state index >= 15 is 0 Å². The number of hydrogen-bond donors (Lipinski definition) is 4. The second-order valence-electron chi connectivity index (χ2n) is 6.49. The molecule has 2 heterocycles. The molecule has 1 aromatic carbocycles. The Morgan fingerprint density at radius 3 is 2.50 bits per heavy atom. The molecule has 7 nitrogen and oxygen atoms in total. The van der Waals surface area contributed by atoms with Gasteiger partial charge in [0.25, 0.3) is 0 Å². The summed E-state index contributed by atoms with van der Waals surface area (Å²) >= 11 is 23.9. The topological polar surface area (TPSA) is 94.7 Å². The smallest absolute Gasteiger partial charge is 0.346 e. The minimum atomic E-state index is -4.53. The molecule has 0 aliphatic heterocycles. The van der Waals surface area contributed by atoms with E-state index in [-0.39, 0.29) is 34.8 Å². The molecular weight excluding hydrogens is 515 g/mol. The maximum absolute atomic E-state index is 12.9. The van der Waals surface area contributed by atoms with Gasteiger partial charge in [0, 0.05) is 12.6 Å². The highest BCUT2D eigenvalue weighted by atomic mass is 35.6. The Balaban J connectivity index is 1.95. The van der Waals surface area contributed by atoms with Gasteiger partial charge in [-0.3, -0.25) is 4.79 Å². The molecule has 1 amide bonds. The van der Waals surface area contributed by atoms with Crippen LogP contribution in [0.5, 0.6) is 0 Å². The van der Waals surface area contributed by atoms with Crippen LogP contribution in [0.4, 0.5) is 30.6 Å². The van der Waals surface area contributed by atoms with E-state index < -0.39 is 21.7 Å². The zero-order chi connectivity index (χ0) is 23.7. The van der Waals surface area contributed by atoms with Gasteiger partial charge in [-0.1, -0.05) is 53.3 Å². The van der Waals surface area contributed by atoms with Crippen molar-refractivity contribution in [2.24, 2.45) is 0 Å². The Hall–Kier alpha value is -2.14. The zero-order valence-electron chi connectivity index (χ0n) is 16.1. The Kier molecular flexibility index (Phi) is 7.18. The Bertz CT molecular complexity index is 1130. The molecule has 1 atom stereocenters. The van der Waals surface area contributed by atoms with Crippen LogP contribution >= 0.6 is 46.4 Å². The summed E-state index contributed by atoms with van der Waals surface area (Å²) in [6, 6.07) is 4.54. The van der Waals surface area contributed by atoms with E-state index in [2.05, 4.69) is 30.9 Å². The lowest BCUT2D eigenvalue weighted by molar-refractivity contribution is -0.137. The largest absolute Gasteiger partial charge is 0.416 e. The molecule has 172 valence electrons. The van der Waals surface area contributed by atoms with E-state index in [4.69, 9.17) is 46.4 Å². The van der Waals surface area contributed by atoms with Gasteiger partial charge in [-0.25, -0.2) is 0 Å². The summed E-state index contributed by atoms with van der Waals surface area (Å²) < 4.78 is 36.8. The average molecular weight is 530 g/mol. The molecule has 4 N–H and O–H groups in total. The summed E-state index contributed by atoms with van der Waals surface area (Å²) in [4.78, 5) is 23.3. The van der Waals surface area contributed by atoms with Crippen LogP contribution in [0.3, 0.4) is 0 Å². The Morgan fingerprint density at radius 1 is 1.19 bits per heavy atom. The van der Waals surface area contributed by atoms with Crippen molar-refractivity contribution in [1.29, 1.82) is 0 Å². The minimum Gasteiger partial charge on any atom is -0.346 e. The van der Waals surface area contributed by atoms with Gasteiger partial charge in [0.15, 0.2) is 0 Å². The van der Waals surface area contributed by atoms with Crippen LogP contribution < -0.4 is 16.0 Å². The molecule has 3 rings (SSSR count). The molecular formula is C18H15Cl4F3N6O. The molecule has 0 fully saturated rings. The number of alkyl halides is 6. The van der Waals surface area contributed by atoms with Crippen molar-refractivity contribution in [3.63, 3.8) is 0 Å². The van der Waals surface area contributed by atoms with E-state index in [9.17, 15) is 18.0 Å². The SMILES string of the molecule is CCC(=O)NC(Nc1nc(Nc2ccc(C(F)(F)F)cc2Cl)c2cc[nH]c2n1)C(Cl)(Cl)Cl. The molecule has 0 saturated heterocycles. The monoisotopic (exact) mass is 528 g/mol. The number of rotatable bonds is 6. The van der Waals surface area contributed by atoms with Gasteiger partial charge >= 0.3 is 6.18 Å². The van der Waals surface area contributed by atoms with Gasteiger partial charge in [-0.05, 0) is 24.3 Å². The van der Waals surface area contributed by atoms with Gasteiger partial charge in [0.2, 0.25) is 15.6 Å². The minimum absolute atomic E-state index is 0.0294. The first kappa shape index (κ1) is 24.5. The number of benzene rings is 1. The third kappa shape index (κ3) is 5.80. The molecule has 0 aliphatic rings. The van der Waals surface area contributed by atoms with Gasteiger partial charge in [-0.2, -0.15) is 23.1 Å². The number of fused-ring (bicyclic) bond motifs is 1. The van der Waals surface area contributed by atoms with Crippen molar-refractivity contribution >= 4 is 80.8 Å². The Morgan fingerprint density at radius 2 is 1.91 bits per heavy atom. The summed E-state index contributed by atoms with van der Waals surface area (Å²) in [5, 5.41) is 8.50. The highest BCUT2D eigenvalue weighted by Gasteiger charge is 2.35. The number of carbonyl (C=O) groups is 1. The summed E-state index contributed by atoms with van der Waals surface area (Å²) in [5.41, 5.74) is -0.330. The fraction of sp³-hybridized carbons (Fsp3) is 0.278. The summed E-state index contributed by atoms with van der Waals surface area (Å²) in [7, 11) is 0. The molecule has 0 radical (unpaired) electrons. The van der Waals surface area contributed by atoms with Crippen LogP contribution in [0.15, 0.2) is 30.5 Å². The number of amides is 1. The van der Waals surface area contributed by atoms with E-state index in [0.29, 0.717) is 11.0 Å². The van der Waals surface area contributed by atoms with Crippen molar-refractivity contribution in [3.8, 4) is 0 Å². The first-order valence-corrected chi connectivity index (χ1v) is 10.5. The third-order valence-electron chi connectivity index (χ3n) is 4.19. The number of hydrogen-bond acceptors (Lipinski definition) is 5. The fourth-order valence-electron chi connectivity index (χ4n) is 2.61. The first-order chi connectivity index (χ1) is 14.9. The lowest BCUT2D eigenvalue weighted by atomic mass is 10.2. The second-order valence-corrected chi connectivity index (χ2v) is 9.27. The first-order valence-electron chi connectivity index (χ1n) is 9.00. The van der Waals surface area contributed by atoms with Crippen LogP contribution in [-0.2, 0) is 11.0 Å². The van der Waals surface area contributed by atoms with Crippen LogP contribution in [0.2, 0.25) is 5.02 Å². The number of H-pyrrole nitrogens is 1. The third-order valence-corrected chi connectivity index (χ3v) is 5.16. The molecule has 32 heavy (non-hydrogen) atoms. The van der Waals surface area contributed by atoms with Crippen molar-refractivity contribution < 1.29 is 18.0 Å². The highest BCUT2D eigenvalue weighted by Crippen LogP contribution is 2.36. The molecule has 2 aromatic heterocycles. The lowest BCUT2D eigenvalue weighted by Gasteiger charge is -2.26. The number of nitrogens with zero attached hydrogens (tertiary/aromatic N) is 2. The van der Waals surface area contributed by atoms with Crippen LogP contribution in [-0.4, -0.2) is 30.8 Å². The number of anilines is 3. The number of aromatic nitrogens is 3. The van der Waals surface area contributed by atoms with Crippen LogP contribution in [0, 0.1) is 0 Å². The van der Waals surface area contributed by atoms with Crippen molar-refractivity contribution in [2.75, 3.05) is 10.6 Å². The molecule has 0 aliphatic carbocycles. The molecule has 0 bridgehead atoms. The summed E-state index contributed by atoms with van der Waals surface area (Å²) in [6.07, 6.45) is -3.96. The van der Waals surface area contributed by atoms with E-state index in [0.717, 1.165) is 12.1 Å². The van der Waals surface area contributed by atoms with Gasteiger partial charge in [0.05, 0.1) is 21.7 Å². The van der Waals surface area contributed by atoms with Crippen molar-refractivity contribution in [1.82, 2.24) is 20.3 Å². The Labute approximate surface area is 200 Å². The normalized spacial score (nSPS) is 13.1. The second kappa shape index (κ2) is 9.38. The van der Waals surface area contributed by atoms with Crippen molar-refractivity contribution in [2.45, 2.75) is 29.5 Å². The van der Waals surface area contributed by atoms with E-state index in [1.54, 1.807) is 19.2 Å². The van der Waals surface area contributed by atoms with Crippen LogP contribution in [0.1, 0.15) is 18.9 Å². The lowest BCUT2D eigenvalue weighted by Crippen LogP contribution is -2.49.